The second-order valence-corrected chi connectivity index (χ2v) is 7.12. The minimum atomic E-state index is -0.365. The van der Waals surface area contributed by atoms with Crippen molar-refractivity contribution in [3.8, 4) is 0 Å². The highest BCUT2D eigenvalue weighted by Crippen LogP contribution is 2.28. The van der Waals surface area contributed by atoms with E-state index in [1.54, 1.807) is 0 Å². The summed E-state index contributed by atoms with van der Waals surface area (Å²) in [5, 5.41) is 3.09. The molecule has 0 aliphatic rings. The molecule has 100 valence electrons. The topological polar surface area (TPSA) is 29.1 Å². The SMILES string of the molecule is CC(C)(NC(=O)[C@H](Br)C(C)(C)C)c1ccccc1. The second-order valence-electron chi connectivity index (χ2n) is 6.21. The fraction of sp³-hybridized carbons (Fsp3) is 0.533. The zero-order chi connectivity index (χ0) is 14.0. The van der Waals surface area contributed by atoms with Gasteiger partial charge in [0.1, 0.15) is 0 Å². The van der Waals surface area contributed by atoms with E-state index in [-0.39, 0.29) is 21.7 Å². The van der Waals surface area contributed by atoms with Crippen molar-refractivity contribution in [1.29, 1.82) is 0 Å². The third-order valence-electron chi connectivity index (χ3n) is 2.92. The van der Waals surface area contributed by atoms with Gasteiger partial charge in [0.05, 0.1) is 10.4 Å². The molecule has 18 heavy (non-hydrogen) atoms. The van der Waals surface area contributed by atoms with E-state index in [4.69, 9.17) is 0 Å². The average molecular weight is 312 g/mol. The smallest absolute Gasteiger partial charge is 0.234 e. The van der Waals surface area contributed by atoms with Gasteiger partial charge in [-0.1, -0.05) is 67.0 Å². The summed E-state index contributed by atoms with van der Waals surface area (Å²) < 4.78 is 0. The second kappa shape index (κ2) is 5.43. The van der Waals surface area contributed by atoms with Crippen molar-refractivity contribution in [3.63, 3.8) is 0 Å². The Balaban J connectivity index is 2.81. The average Bonchev–Trinajstić information content (AvgIpc) is 2.27. The first-order valence-corrected chi connectivity index (χ1v) is 7.08. The molecule has 0 fully saturated rings. The fourth-order valence-corrected chi connectivity index (χ4v) is 1.81. The predicted octanol–water partition coefficient (Wildman–Crippen LogP) is 3.85. The lowest BCUT2D eigenvalue weighted by Gasteiger charge is -2.31. The Labute approximate surface area is 118 Å². The third-order valence-corrected chi connectivity index (χ3v) is 4.71. The molecule has 0 unspecified atom stereocenters. The van der Waals surface area contributed by atoms with Crippen LogP contribution < -0.4 is 5.32 Å². The zero-order valence-corrected chi connectivity index (χ0v) is 13.3. The monoisotopic (exact) mass is 311 g/mol. The normalized spacial score (nSPS) is 14.1. The van der Waals surface area contributed by atoms with Gasteiger partial charge in [-0.2, -0.15) is 0 Å². The maximum atomic E-state index is 12.2. The summed E-state index contributed by atoms with van der Waals surface area (Å²) in [5.74, 6) is 0.0244. The molecule has 0 aromatic heterocycles. The van der Waals surface area contributed by atoms with Crippen LogP contribution in [-0.4, -0.2) is 10.7 Å². The van der Waals surface area contributed by atoms with E-state index < -0.39 is 0 Å². The summed E-state index contributed by atoms with van der Waals surface area (Å²) >= 11 is 3.48. The van der Waals surface area contributed by atoms with Crippen LogP contribution in [0.1, 0.15) is 40.2 Å². The maximum Gasteiger partial charge on any atom is 0.234 e. The molecule has 1 atom stereocenters. The number of carbonyl (C=O) groups is 1. The van der Waals surface area contributed by atoms with Crippen molar-refractivity contribution in [2.45, 2.75) is 45.0 Å². The highest BCUT2D eigenvalue weighted by Gasteiger charge is 2.32. The van der Waals surface area contributed by atoms with E-state index in [9.17, 15) is 4.79 Å². The van der Waals surface area contributed by atoms with Gasteiger partial charge >= 0.3 is 0 Å². The Morgan fingerprint density at radius 2 is 1.61 bits per heavy atom. The number of halogens is 1. The first-order valence-electron chi connectivity index (χ1n) is 6.16. The molecule has 0 aliphatic heterocycles. The summed E-state index contributed by atoms with van der Waals surface area (Å²) in [6.07, 6.45) is 0. The lowest BCUT2D eigenvalue weighted by atomic mass is 9.89. The molecule has 0 saturated carbocycles. The Morgan fingerprint density at radius 1 is 1.11 bits per heavy atom. The number of carbonyl (C=O) groups excluding carboxylic acids is 1. The van der Waals surface area contributed by atoms with Gasteiger partial charge < -0.3 is 5.32 Å². The van der Waals surface area contributed by atoms with Crippen molar-refractivity contribution in [1.82, 2.24) is 5.32 Å². The molecule has 0 saturated heterocycles. The van der Waals surface area contributed by atoms with Crippen LogP contribution in [0.15, 0.2) is 30.3 Å². The largest absolute Gasteiger partial charge is 0.346 e. The third kappa shape index (κ3) is 3.84. The van der Waals surface area contributed by atoms with E-state index in [1.807, 2.05) is 65.0 Å². The standard InChI is InChI=1S/C15H22BrNO/c1-14(2,3)12(16)13(18)17-15(4,5)11-9-7-6-8-10-11/h6-10,12H,1-5H3,(H,17,18)/t12-/m0/s1. The summed E-state index contributed by atoms with van der Waals surface area (Å²) in [5.41, 5.74) is 0.638. The summed E-state index contributed by atoms with van der Waals surface area (Å²) in [6, 6.07) is 10.0. The minimum Gasteiger partial charge on any atom is -0.346 e. The van der Waals surface area contributed by atoms with E-state index in [0.717, 1.165) is 5.56 Å². The number of amides is 1. The Hall–Kier alpha value is -0.830. The van der Waals surface area contributed by atoms with Gasteiger partial charge in [0.2, 0.25) is 5.91 Å². The highest BCUT2D eigenvalue weighted by molar-refractivity contribution is 9.10. The van der Waals surface area contributed by atoms with Gasteiger partial charge in [0.25, 0.3) is 0 Å². The van der Waals surface area contributed by atoms with Gasteiger partial charge in [-0.05, 0) is 24.8 Å². The summed E-state index contributed by atoms with van der Waals surface area (Å²) in [7, 11) is 0. The van der Waals surface area contributed by atoms with Crippen LogP contribution in [0.2, 0.25) is 0 Å². The van der Waals surface area contributed by atoms with Crippen molar-refractivity contribution in [2.24, 2.45) is 5.41 Å². The van der Waals surface area contributed by atoms with Crippen LogP contribution >= 0.6 is 15.9 Å². The van der Waals surface area contributed by atoms with Crippen molar-refractivity contribution >= 4 is 21.8 Å². The van der Waals surface area contributed by atoms with Gasteiger partial charge in [0.15, 0.2) is 0 Å². The van der Waals surface area contributed by atoms with Crippen LogP contribution in [0, 0.1) is 5.41 Å². The molecule has 2 nitrogen and oxygen atoms in total. The van der Waals surface area contributed by atoms with E-state index >= 15 is 0 Å². The van der Waals surface area contributed by atoms with Gasteiger partial charge in [-0.15, -0.1) is 0 Å². The highest BCUT2D eigenvalue weighted by atomic mass is 79.9. The molecule has 3 heteroatoms. The van der Waals surface area contributed by atoms with E-state index in [0.29, 0.717) is 0 Å². The number of nitrogens with one attached hydrogen (secondary N) is 1. The van der Waals surface area contributed by atoms with Crippen LogP contribution in [0.25, 0.3) is 0 Å². The van der Waals surface area contributed by atoms with Crippen LogP contribution in [-0.2, 0) is 10.3 Å². The van der Waals surface area contributed by atoms with Gasteiger partial charge in [-0.25, -0.2) is 0 Å². The molecule has 0 aliphatic carbocycles. The molecule has 1 aromatic carbocycles. The summed E-state index contributed by atoms with van der Waals surface area (Å²) in [4.78, 5) is 12.0. The van der Waals surface area contributed by atoms with Gasteiger partial charge in [-0.3, -0.25) is 4.79 Å². The Kier molecular flexibility index (Phi) is 4.60. The van der Waals surface area contributed by atoms with Crippen LogP contribution in [0.4, 0.5) is 0 Å². The molecule has 1 amide bonds. The number of benzene rings is 1. The number of rotatable bonds is 3. The predicted molar refractivity (Wildman–Crippen MR) is 79.8 cm³/mol. The first kappa shape index (κ1) is 15.2. The lowest BCUT2D eigenvalue weighted by Crippen LogP contribution is -2.47. The Morgan fingerprint density at radius 3 is 2.06 bits per heavy atom. The molecule has 0 spiro atoms. The minimum absolute atomic E-state index is 0.0244. The van der Waals surface area contributed by atoms with Crippen molar-refractivity contribution in [3.05, 3.63) is 35.9 Å². The molecule has 0 bridgehead atoms. The van der Waals surface area contributed by atoms with Gasteiger partial charge in [0, 0.05) is 0 Å². The number of hydrogen-bond acceptors (Lipinski definition) is 1. The van der Waals surface area contributed by atoms with Crippen LogP contribution in [0.3, 0.4) is 0 Å². The molecule has 1 aromatic rings. The molecule has 1 rings (SSSR count). The van der Waals surface area contributed by atoms with Crippen molar-refractivity contribution < 1.29 is 4.79 Å². The van der Waals surface area contributed by atoms with Crippen LogP contribution in [0.5, 0.6) is 0 Å². The quantitative estimate of drug-likeness (QED) is 0.844. The van der Waals surface area contributed by atoms with Crippen molar-refractivity contribution in [2.75, 3.05) is 0 Å². The van der Waals surface area contributed by atoms with E-state index in [2.05, 4.69) is 21.2 Å². The lowest BCUT2D eigenvalue weighted by molar-refractivity contribution is -0.123. The maximum absolute atomic E-state index is 12.2. The number of hydrogen-bond donors (Lipinski definition) is 1. The van der Waals surface area contributed by atoms with E-state index in [1.165, 1.54) is 0 Å². The fourth-order valence-electron chi connectivity index (χ4n) is 1.69. The molecule has 1 N–H and O–H groups in total. The number of alkyl halides is 1. The molecule has 0 heterocycles. The molecular weight excluding hydrogens is 290 g/mol. The molecular formula is C15H22BrNO. The first-order chi connectivity index (χ1) is 8.14. The summed E-state index contributed by atoms with van der Waals surface area (Å²) in [6.45, 7) is 10.2. The molecule has 0 radical (unpaired) electrons. The Bertz CT molecular complexity index is 406. The zero-order valence-electron chi connectivity index (χ0n) is 11.8.